The molecule has 0 bridgehead atoms. The third kappa shape index (κ3) is 3.66. The van der Waals surface area contributed by atoms with E-state index in [0.717, 1.165) is 10.6 Å². The van der Waals surface area contributed by atoms with E-state index in [-0.39, 0.29) is 11.4 Å². The van der Waals surface area contributed by atoms with E-state index in [4.69, 9.17) is 0 Å². The number of hydrogen-bond donors (Lipinski definition) is 2. The largest absolute Gasteiger partial charge is 0.503 e. The number of aryl methyl sites for hydroxylation is 3. The van der Waals surface area contributed by atoms with Gasteiger partial charge in [0.15, 0.2) is 5.76 Å². The number of Topliss-reactive ketones (excluding diaryl/α,β-unsaturated/α-hetero) is 1. The van der Waals surface area contributed by atoms with Gasteiger partial charge in [-0.1, -0.05) is 30.3 Å². The fourth-order valence-corrected chi connectivity index (χ4v) is 4.72. The lowest BCUT2D eigenvalue weighted by Crippen LogP contribution is -2.36. The number of nitrogens with one attached hydrogen (secondary N) is 1. The summed E-state index contributed by atoms with van der Waals surface area (Å²) in [4.78, 5) is 35.7. The zero-order valence-electron chi connectivity index (χ0n) is 16.8. The Balaban J connectivity index is 1.67. The van der Waals surface area contributed by atoms with Gasteiger partial charge in [0.1, 0.15) is 12.4 Å². The number of carbonyl (C=O) groups is 2. The Labute approximate surface area is 178 Å². The summed E-state index contributed by atoms with van der Waals surface area (Å²) in [6.45, 7) is 4.74. The van der Waals surface area contributed by atoms with Gasteiger partial charge in [-0.15, -0.1) is 11.3 Å². The number of amides is 1. The molecule has 7 nitrogen and oxygen atoms in total. The Morgan fingerprint density at radius 3 is 2.70 bits per heavy atom. The van der Waals surface area contributed by atoms with Gasteiger partial charge in [-0.3, -0.25) is 14.6 Å². The van der Waals surface area contributed by atoms with Crippen LogP contribution in [0.4, 0.5) is 0 Å². The highest BCUT2D eigenvalue weighted by Crippen LogP contribution is 2.40. The molecule has 3 heterocycles. The summed E-state index contributed by atoms with van der Waals surface area (Å²) in [5.74, 6) is -1.31. The predicted octanol–water partition coefficient (Wildman–Crippen LogP) is 3.04. The van der Waals surface area contributed by atoms with Crippen LogP contribution >= 0.6 is 11.3 Å². The summed E-state index contributed by atoms with van der Waals surface area (Å²) in [7, 11) is 0. The van der Waals surface area contributed by atoms with Crippen molar-refractivity contribution in [1.82, 2.24) is 14.9 Å². The summed E-state index contributed by atoms with van der Waals surface area (Å²) in [6.07, 6.45) is 6.28. The first-order valence-electron chi connectivity index (χ1n) is 9.77. The van der Waals surface area contributed by atoms with E-state index in [9.17, 15) is 14.7 Å². The van der Waals surface area contributed by atoms with Crippen LogP contribution in [-0.2, 0) is 11.3 Å². The van der Waals surface area contributed by atoms with E-state index in [1.807, 2.05) is 60.5 Å². The quantitative estimate of drug-likeness (QED) is 0.451. The second-order valence-corrected chi connectivity index (χ2v) is 8.46. The maximum Gasteiger partial charge on any atom is 0.290 e. The first kappa shape index (κ1) is 20.0. The molecule has 2 N–H and O–H groups in total. The Bertz CT molecular complexity index is 1100. The number of aliphatic hydroxyl groups is 1. The number of aliphatic hydroxyl groups excluding tert-OH is 1. The van der Waals surface area contributed by atoms with Crippen molar-refractivity contribution in [3.05, 3.63) is 81.5 Å². The molecule has 0 saturated heterocycles. The van der Waals surface area contributed by atoms with Crippen LogP contribution in [0.3, 0.4) is 0 Å². The van der Waals surface area contributed by atoms with Gasteiger partial charge in [0.05, 0.1) is 33.7 Å². The van der Waals surface area contributed by atoms with E-state index in [1.165, 1.54) is 11.3 Å². The molecule has 4 rings (SSSR count). The van der Waals surface area contributed by atoms with Crippen LogP contribution in [-0.4, -0.2) is 38.2 Å². The number of thiazole rings is 1. The monoisotopic (exact) mass is 423 g/mol. The van der Waals surface area contributed by atoms with E-state index in [2.05, 4.69) is 9.97 Å². The molecule has 2 aromatic heterocycles. The summed E-state index contributed by atoms with van der Waals surface area (Å²) >= 11 is 1.28. The van der Waals surface area contributed by atoms with Crippen LogP contribution in [0.25, 0.3) is 0 Å². The minimum absolute atomic E-state index is 0.132. The van der Waals surface area contributed by atoms with Gasteiger partial charge in [-0.2, -0.15) is 0 Å². The lowest BCUT2D eigenvalue weighted by atomic mass is 9.95. The van der Waals surface area contributed by atoms with Gasteiger partial charge in [0.25, 0.3) is 5.91 Å². The number of H-pyrrole nitrogens is 1. The third-order valence-electron chi connectivity index (χ3n) is 5.19. The molecular weight excluding hydrogens is 400 g/mol. The molecule has 8 heteroatoms. The van der Waals surface area contributed by atoms with E-state index in [1.54, 1.807) is 11.8 Å². The lowest BCUT2D eigenvalue weighted by Gasteiger charge is -2.26. The molecule has 1 unspecified atom stereocenters. The maximum absolute atomic E-state index is 13.4. The van der Waals surface area contributed by atoms with Crippen LogP contribution in [0.15, 0.2) is 60.4 Å². The molecular formula is C22H23N4O3S+. The lowest BCUT2D eigenvalue weighted by molar-refractivity contribution is -0.695. The summed E-state index contributed by atoms with van der Waals surface area (Å²) in [6, 6.07) is 8.75. The van der Waals surface area contributed by atoms with Crippen molar-refractivity contribution in [1.29, 1.82) is 0 Å². The molecule has 0 saturated carbocycles. The molecule has 1 aromatic carbocycles. The molecule has 1 aliphatic heterocycles. The first-order chi connectivity index (χ1) is 14.5. The van der Waals surface area contributed by atoms with Crippen molar-refractivity contribution < 1.29 is 19.3 Å². The van der Waals surface area contributed by atoms with Crippen LogP contribution in [0.2, 0.25) is 0 Å². The van der Waals surface area contributed by atoms with Crippen LogP contribution in [0.1, 0.15) is 38.4 Å². The minimum atomic E-state index is -0.621. The highest BCUT2D eigenvalue weighted by Gasteiger charge is 2.44. The van der Waals surface area contributed by atoms with Gasteiger partial charge in [0.2, 0.25) is 12.1 Å². The number of aromatic amines is 1. The molecule has 0 fully saturated rings. The topological polar surface area (TPSA) is 90.2 Å². The Kier molecular flexibility index (Phi) is 5.50. The minimum Gasteiger partial charge on any atom is -0.503 e. The van der Waals surface area contributed by atoms with Gasteiger partial charge in [-0.25, -0.2) is 9.55 Å². The summed E-state index contributed by atoms with van der Waals surface area (Å²) in [5, 5.41) is 11.5. The number of ketones is 1. The number of benzene rings is 1. The van der Waals surface area contributed by atoms with Crippen molar-refractivity contribution in [2.24, 2.45) is 0 Å². The number of carbonyl (C=O) groups excluding carboxylic acids is 2. The average molecular weight is 424 g/mol. The standard InChI is InChI=1S/C22H22N4O3S/c1-14-21(30-15(2)24-14)19(27)17-18(16-7-4-3-5-8-16)26(22(29)20(17)28)11-6-10-25-12-9-23-13-25/h3-5,7-9,12-13,18H,6,10-11H2,1-2H3,(H,27,28)/p+1. The molecule has 0 radical (unpaired) electrons. The van der Waals surface area contributed by atoms with Gasteiger partial charge < -0.3 is 10.0 Å². The van der Waals surface area contributed by atoms with Crippen molar-refractivity contribution in [3.8, 4) is 0 Å². The fraction of sp³-hybridized carbons (Fsp3) is 0.273. The summed E-state index contributed by atoms with van der Waals surface area (Å²) in [5.41, 5.74) is 1.54. The van der Waals surface area contributed by atoms with E-state index < -0.39 is 17.7 Å². The Hall–Kier alpha value is -3.26. The highest BCUT2D eigenvalue weighted by molar-refractivity contribution is 7.14. The van der Waals surface area contributed by atoms with Gasteiger partial charge in [0, 0.05) is 13.0 Å². The molecule has 1 atom stereocenters. The molecule has 1 amide bonds. The van der Waals surface area contributed by atoms with Crippen molar-refractivity contribution in [3.63, 3.8) is 0 Å². The predicted molar refractivity (Wildman–Crippen MR) is 112 cm³/mol. The molecule has 30 heavy (non-hydrogen) atoms. The number of rotatable bonds is 7. The number of imidazole rings is 1. The molecule has 0 spiro atoms. The first-order valence-corrected chi connectivity index (χ1v) is 10.6. The third-order valence-corrected chi connectivity index (χ3v) is 6.26. The number of aromatic nitrogens is 3. The van der Waals surface area contributed by atoms with E-state index in [0.29, 0.717) is 30.1 Å². The molecule has 154 valence electrons. The molecule has 0 aliphatic carbocycles. The van der Waals surface area contributed by atoms with Crippen LogP contribution in [0.5, 0.6) is 0 Å². The van der Waals surface area contributed by atoms with Crippen molar-refractivity contribution in [2.45, 2.75) is 32.9 Å². The van der Waals surface area contributed by atoms with Crippen molar-refractivity contribution in [2.75, 3.05) is 6.54 Å². The zero-order chi connectivity index (χ0) is 21.3. The number of hydrogen-bond acceptors (Lipinski definition) is 5. The molecule has 3 aromatic rings. The Morgan fingerprint density at radius 1 is 1.30 bits per heavy atom. The molecule has 1 aliphatic rings. The Morgan fingerprint density at radius 2 is 2.07 bits per heavy atom. The second kappa shape index (κ2) is 8.23. The second-order valence-electron chi connectivity index (χ2n) is 7.25. The SMILES string of the molecule is Cc1nc(C)c(C(=O)C2=C(O)C(=O)N(CCC[n+]3cc[nH]c3)C2c2ccccc2)s1. The van der Waals surface area contributed by atoms with Crippen LogP contribution < -0.4 is 4.57 Å². The van der Waals surface area contributed by atoms with Gasteiger partial charge in [-0.05, 0) is 19.4 Å². The fourth-order valence-electron chi connectivity index (χ4n) is 3.85. The van der Waals surface area contributed by atoms with Crippen molar-refractivity contribution >= 4 is 23.0 Å². The average Bonchev–Trinajstić information content (AvgIpc) is 3.43. The highest BCUT2D eigenvalue weighted by atomic mass is 32.1. The zero-order valence-corrected chi connectivity index (χ0v) is 17.6. The smallest absolute Gasteiger partial charge is 0.290 e. The van der Waals surface area contributed by atoms with Gasteiger partial charge >= 0.3 is 0 Å². The summed E-state index contributed by atoms with van der Waals surface area (Å²) < 4.78 is 1.99. The van der Waals surface area contributed by atoms with Crippen LogP contribution in [0, 0.1) is 13.8 Å². The van der Waals surface area contributed by atoms with E-state index >= 15 is 0 Å². The normalized spacial score (nSPS) is 16.5. The number of nitrogens with zero attached hydrogens (tertiary/aromatic N) is 3. The maximum atomic E-state index is 13.4.